The van der Waals surface area contributed by atoms with Crippen LogP contribution in [0.4, 0.5) is 0 Å². The summed E-state index contributed by atoms with van der Waals surface area (Å²) in [4.78, 5) is 15.4. The van der Waals surface area contributed by atoms with Crippen LogP contribution in [0.2, 0.25) is 0 Å². The molecule has 0 amide bonds. The minimum absolute atomic E-state index is 0.376. The second-order valence-electron chi connectivity index (χ2n) is 2.83. The van der Waals surface area contributed by atoms with Gasteiger partial charge in [0.15, 0.2) is 6.10 Å². The molecule has 0 unspecified atom stereocenters. The highest BCUT2D eigenvalue weighted by Crippen LogP contribution is 2.34. The first kappa shape index (κ1) is 8.49. The molecule has 0 bridgehead atoms. The Morgan fingerprint density at radius 1 is 1.73 bits per heavy atom. The molecule has 0 aromatic rings. The summed E-state index contributed by atoms with van der Waals surface area (Å²) in [5.74, 6) is 5.16. The van der Waals surface area contributed by atoms with Gasteiger partial charge >= 0.3 is 5.97 Å². The van der Waals surface area contributed by atoms with E-state index in [1.54, 1.807) is 0 Å². The van der Waals surface area contributed by atoms with Crippen LogP contribution in [0.25, 0.3) is 0 Å². The minimum Gasteiger partial charge on any atom is -0.467 e. The van der Waals surface area contributed by atoms with Crippen molar-refractivity contribution in [3.63, 3.8) is 0 Å². The molecule has 0 spiro atoms. The number of rotatable bonds is 4. The Balaban J connectivity index is 2.27. The number of methoxy groups -OCH3 is 1. The molecule has 0 saturated heterocycles. The van der Waals surface area contributed by atoms with Crippen molar-refractivity contribution in [1.29, 1.82) is 0 Å². The largest absolute Gasteiger partial charge is 0.467 e. The molecule has 1 aliphatic rings. The van der Waals surface area contributed by atoms with E-state index in [9.17, 15) is 4.79 Å². The minimum atomic E-state index is -0.563. The Hall–Kier alpha value is -0.610. The van der Waals surface area contributed by atoms with Gasteiger partial charge in [0.1, 0.15) is 0 Å². The summed E-state index contributed by atoms with van der Waals surface area (Å²) in [7, 11) is 1.33. The maximum absolute atomic E-state index is 10.9. The third kappa shape index (κ3) is 2.48. The predicted octanol–water partition coefficient (Wildman–Crippen LogP) is 0.218. The Kier molecular flexibility index (Phi) is 2.84. The molecule has 1 rings (SSSR count). The lowest BCUT2D eigenvalue weighted by Gasteiger charge is -2.10. The molecule has 4 nitrogen and oxygen atoms in total. The molecule has 0 radical (unpaired) electrons. The van der Waals surface area contributed by atoms with Crippen LogP contribution in [0.15, 0.2) is 0 Å². The van der Waals surface area contributed by atoms with Crippen LogP contribution in [0.5, 0.6) is 0 Å². The molecule has 4 heteroatoms. The molecule has 1 fully saturated rings. The maximum Gasteiger partial charge on any atom is 0.337 e. The smallest absolute Gasteiger partial charge is 0.337 e. The Morgan fingerprint density at radius 3 is 2.73 bits per heavy atom. The van der Waals surface area contributed by atoms with Crippen LogP contribution < -0.4 is 5.90 Å². The Morgan fingerprint density at radius 2 is 2.36 bits per heavy atom. The van der Waals surface area contributed by atoms with Crippen molar-refractivity contribution >= 4 is 5.97 Å². The van der Waals surface area contributed by atoms with Crippen LogP contribution in [0, 0.1) is 5.92 Å². The second-order valence-corrected chi connectivity index (χ2v) is 2.83. The van der Waals surface area contributed by atoms with Crippen molar-refractivity contribution in [3.05, 3.63) is 0 Å². The molecule has 0 heterocycles. The van der Waals surface area contributed by atoms with Crippen LogP contribution in [-0.4, -0.2) is 19.2 Å². The fraction of sp³-hybridized carbons (Fsp3) is 0.857. The van der Waals surface area contributed by atoms with E-state index in [-0.39, 0.29) is 5.97 Å². The van der Waals surface area contributed by atoms with E-state index in [1.165, 1.54) is 20.0 Å². The third-order valence-electron chi connectivity index (χ3n) is 1.87. The molecule has 1 atom stereocenters. The lowest BCUT2D eigenvalue weighted by atomic mass is 10.2. The highest BCUT2D eigenvalue weighted by molar-refractivity contribution is 5.74. The van der Waals surface area contributed by atoms with Crippen molar-refractivity contribution < 1.29 is 14.4 Å². The SMILES string of the molecule is COC(=O)[C@H](CC1CC1)ON. The van der Waals surface area contributed by atoms with Crippen LogP contribution >= 0.6 is 0 Å². The number of carbonyl (C=O) groups excluding carboxylic acids is 1. The first-order valence-electron chi connectivity index (χ1n) is 3.71. The Labute approximate surface area is 65.6 Å². The summed E-state index contributed by atoms with van der Waals surface area (Å²) in [5.41, 5.74) is 0. The number of carbonyl (C=O) groups is 1. The fourth-order valence-corrected chi connectivity index (χ4v) is 0.995. The monoisotopic (exact) mass is 159 g/mol. The quantitative estimate of drug-likeness (QED) is 0.470. The van der Waals surface area contributed by atoms with Gasteiger partial charge in [-0.3, -0.25) is 4.84 Å². The van der Waals surface area contributed by atoms with Gasteiger partial charge in [-0.1, -0.05) is 12.8 Å². The number of ether oxygens (including phenoxy) is 1. The van der Waals surface area contributed by atoms with Crippen molar-refractivity contribution in [3.8, 4) is 0 Å². The summed E-state index contributed by atoms with van der Waals surface area (Å²) < 4.78 is 4.49. The molecule has 1 saturated carbocycles. The van der Waals surface area contributed by atoms with E-state index < -0.39 is 6.10 Å². The van der Waals surface area contributed by atoms with Gasteiger partial charge in [0.2, 0.25) is 0 Å². The predicted molar refractivity (Wildman–Crippen MR) is 38.4 cm³/mol. The van der Waals surface area contributed by atoms with E-state index in [4.69, 9.17) is 5.90 Å². The van der Waals surface area contributed by atoms with Crippen LogP contribution in [-0.2, 0) is 14.4 Å². The summed E-state index contributed by atoms with van der Waals surface area (Å²) >= 11 is 0. The highest BCUT2D eigenvalue weighted by atomic mass is 16.6. The molecule has 2 N–H and O–H groups in total. The zero-order chi connectivity index (χ0) is 8.27. The molecular weight excluding hydrogens is 146 g/mol. The molecule has 11 heavy (non-hydrogen) atoms. The van der Waals surface area contributed by atoms with Gasteiger partial charge in [-0.15, -0.1) is 0 Å². The van der Waals surface area contributed by atoms with Crippen molar-refractivity contribution in [2.24, 2.45) is 11.8 Å². The summed E-state index contributed by atoms with van der Waals surface area (Å²) in [6.45, 7) is 0. The topological polar surface area (TPSA) is 61.5 Å². The molecule has 0 aliphatic heterocycles. The van der Waals surface area contributed by atoms with Gasteiger partial charge in [0.25, 0.3) is 0 Å². The summed E-state index contributed by atoms with van der Waals surface area (Å²) in [6.07, 6.45) is 2.49. The van der Waals surface area contributed by atoms with E-state index in [0.717, 1.165) is 0 Å². The van der Waals surface area contributed by atoms with E-state index in [1.807, 2.05) is 0 Å². The maximum atomic E-state index is 10.9. The standard InChI is InChI=1S/C7H13NO3/c1-10-7(9)6(11-8)4-5-2-3-5/h5-6H,2-4,8H2,1H3/t6-/m0/s1. The lowest BCUT2D eigenvalue weighted by molar-refractivity contribution is -0.155. The van der Waals surface area contributed by atoms with E-state index >= 15 is 0 Å². The fourth-order valence-electron chi connectivity index (χ4n) is 0.995. The van der Waals surface area contributed by atoms with E-state index in [2.05, 4.69) is 9.57 Å². The van der Waals surface area contributed by atoms with Crippen molar-refractivity contribution in [1.82, 2.24) is 0 Å². The number of hydrogen-bond acceptors (Lipinski definition) is 4. The van der Waals surface area contributed by atoms with E-state index in [0.29, 0.717) is 12.3 Å². The van der Waals surface area contributed by atoms with Gasteiger partial charge in [-0.05, 0) is 12.3 Å². The average Bonchev–Trinajstić information content (AvgIpc) is 2.82. The first-order chi connectivity index (χ1) is 5.27. The highest BCUT2D eigenvalue weighted by Gasteiger charge is 2.30. The van der Waals surface area contributed by atoms with Crippen molar-refractivity contribution in [2.75, 3.05) is 7.11 Å². The Bertz CT molecular complexity index is 145. The van der Waals surface area contributed by atoms with Gasteiger partial charge in [-0.2, -0.15) is 0 Å². The first-order valence-corrected chi connectivity index (χ1v) is 3.71. The second kappa shape index (κ2) is 3.69. The van der Waals surface area contributed by atoms with Gasteiger partial charge in [0, 0.05) is 0 Å². The summed E-state index contributed by atoms with van der Waals surface area (Å²) in [6, 6.07) is 0. The lowest BCUT2D eigenvalue weighted by Crippen LogP contribution is -2.28. The van der Waals surface area contributed by atoms with Crippen LogP contribution in [0.3, 0.4) is 0 Å². The van der Waals surface area contributed by atoms with Gasteiger partial charge in [-0.25, -0.2) is 10.7 Å². The van der Waals surface area contributed by atoms with Gasteiger partial charge < -0.3 is 4.74 Å². The summed E-state index contributed by atoms with van der Waals surface area (Å²) in [5, 5.41) is 0. The van der Waals surface area contributed by atoms with Crippen LogP contribution in [0.1, 0.15) is 19.3 Å². The zero-order valence-electron chi connectivity index (χ0n) is 6.58. The third-order valence-corrected chi connectivity index (χ3v) is 1.87. The molecule has 0 aromatic carbocycles. The number of esters is 1. The molecular formula is C7H13NO3. The number of hydrogen-bond donors (Lipinski definition) is 1. The van der Waals surface area contributed by atoms with Crippen molar-refractivity contribution in [2.45, 2.75) is 25.4 Å². The molecule has 0 aromatic heterocycles. The number of nitrogens with two attached hydrogens (primary N) is 1. The molecule has 64 valence electrons. The van der Waals surface area contributed by atoms with Gasteiger partial charge in [0.05, 0.1) is 7.11 Å². The normalized spacial score (nSPS) is 19.5. The zero-order valence-corrected chi connectivity index (χ0v) is 6.58. The average molecular weight is 159 g/mol. The molecule has 1 aliphatic carbocycles.